The molecule has 0 radical (unpaired) electrons. The molecule has 0 amide bonds. The number of aromatic nitrogens is 1. The number of aryl methyl sites for hydroxylation is 1. The Balaban J connectivity index is 0.00000289. The quantitative estimate of drug-likeness (QED) is 0.356. The third-order valence-electron chi connectivity index (χ3n) is 2.01. The second-order valence-corrected chi connectivity index (χ2v) is 4.49. The molecule has 0 aliphatic rings. The second-order valence-electron chi connectivity index (χ2n) is 3.43. The van der Waals surface area contributed by atoms with E-state index in [2.05, 4.69) is 31.9 Å². The fraction of sp³-hybridized carbons (Fsp3) is 0.500. The van der Waals surface area contributed by atoms with Crippen molar-refractivity contribution in [3.63, 3.8) is 0 Å². The smallest absolute Gasteiger partial charge is 0.192 e. The summed E-state index contributed by atoms with van der Waals surface area (Å²) >= 11 is 1.67. The van der Waals surface area contributed by atoms with Crippen molar-refractivity contribution in [3.05, 3.63) is 16.1 Å². The zero-order valence-electron chi connectivity index (χ0n) is 10.7. The zero-order valence-corrected chi connectivity index (χ0v) is 13.8. The van der Waals surface area contributed by atoms with Gasteiger partial charge in [0.15, 0.2) is 5.96 Å². The van der Waals surface area contributed by atoms with Gasteiger partial charge in [0.25, 0.3) is 0 Å². The molecule has 18 heavy (non-hydrogen) atoms. The molecule has 0 fully saturated rings. The van der Waals surface area contributed by atoms with E-state index in [9.17, 15) is 0 Å². The molecule has 100 valence electrons. The van der Waals surface area contributed by atoms with Gasteiger partial charge in [-0.05, 0) is 13.8 Å². The van der Waals surface area contributed by atoms with Crippen molar-refractivity contribution in [2.45, 2.75) is 20.3 Å². The van der Waals surface area contributed by atoms with E-state index in [0.717, 1.165) is 29.6 Å². The highest BCUT2D eigenvalue weighted by Crippen LogP contribution is 2.08. The van der Waals surface area contributed by atoms with E-state index in [4.69, 9.17) is 6.42 Å². The molecule has 0 saturated carbocycles. The fourth-order valence-electron chi connectivity index (χ4n) is 1.28. The predicted molar refractivity (Wildman–Crippen MR) is 88.8 cm³/mol. The Morgan fingerprint density at radius 1 is 1.56 bits per heavy atom. The average Bonchev–Trinajstić information content (AvgIpc) is 2.72. The molecule has 1 aromatic rings. The maximum Gasteiger partial charge on any atom is 0.192 e. The van der Waals surface area contributed by atoms with Crippen LogP contribution in [0.25, 0.3) is 0 Å². The summed E-state index contributed by atoms with van der Waals surface area (Å²) in [6.07, 6.45) is 6.05. The summed E-state index contributed by atoms with van der Waals surface area (Å²) in [7, 11) is 0. The Morgan fingerprint density at radius 2 is 2.33 bits per heavy atom. The number of nitrogens with zero attached hydrogens (tertiary/aromatic N) is 2. The van der Waals surface area contributed by atoms with Crippen molar-refractivity contribution in [1.29, 1.82) is 0 Å². The van der Waals surface area contributed by atoms with Crippen molar-refractivity contribution in [1.82, 2.24) is 15.6 Å². The van der Waals surface area contributed by atoms with Crippen molar-refractivity contribution >= 4 is 41.3 Å². The van der Waals surface area contributed by atoms with Gasteiger partial charge in [-0.25, -0.2) is 4.98 Å². The predicted octanol–water partition coefficient (Wildman–Crippen LogP) is 1.80. The minimum Gasteiger partial charge on any atom is -0.357 e. The number of terminal acetylenes is 1. The Bertz CT molecular complexity index is 408. The monoisotopic (exact) mass is 378 g/mol. The van der Waals surface area contributed by atoms with E-state index in [1.54, 1.807) is 11.3 Å². The number of thiazole rings is 1. The molecule has 2 N–H and O–H groups in total. The van der Waals surface area contributed by atoms with Gasteiger partial charge < -0.3 is 10.6 Å². The summed E-state index contributed by atoms with van der Waals surface area (Å²) in [4.78, 5) is 8.81. The molecule has 0 aromatic carbocycles. The van der Waals surface area contributed by atoms with Crippen LogP contribution in [0, 0.1) is 19.3 Å². The van der Waals surface area contributed by atoms with Crippen LogP contribution in [0.15, 0.2) is 10.4 Å². The molecule has 0 unspecified atom stereocenters. The van der Waals surface area contributed by atoms with Crippen LogP contribution >= 0.6 is 35.3 Å². The molecular formula is C12H19IN4S. The Hall–Kier alpha value is -0.810. The number of aliphatic imine (C=N–C) groups is 1. The number of nitrogens with one attached hydrogen (secondary N) is 2. The van der Waals surface area contributed by atoms with Gasteiger partial charge in [-0.15, -0.1) is 41.7 Å². The first-order valence-corrected chi connectivity index (χ1v) is 6.51. The van der Waals surface area contributed by atoms with Crippen LogP contribution in [0.4, 0.5) is 0 Å². The molecule has 0 saturated heterocycles. The molecule has 4 nitrogen and oxygen atoms in total. The van der Waals surface area contributed by atoms with Gasteiger partial charge in [0, 0.05) is 24.9 Å². The van der Waals surface area contributed by atoms with Crippen LogP contribution in [-0.2, 0) is 6.42 Å². The SMILES string of the molecule is C#CCNC(=NCCc1csc(C)n1)NCC.I. The molecular weight excluding hydrogens is 359 g/mol. The van der Waals surface area contributed by atoms with Crippen molar-refractivity contribution < 1.29 is 0 Å². The number of halogens is 1. The molecule has 0 aliphatic heterocycles. The average molecular weight is 378 g/mol. The van der Waals surface area contributed by atoms with Crippen LogP contribution in [0.1, 0.15) is 17.6 Å². The molecule has 1 rings (SSSR count). The van der Waals surface area contributed by atoms with E-state index in [0.29, 0.717) is 13.1 Å². The van der Waals surface area contributed by atoms with Gasteiger partial charge in [0.1, 0.15) is 0 Å². The summed E-state index contributed by atoms with van der Waals surface area (Å²) in [5.41, 5.74) is 1.10. The Kier molecular flexibility index (Phi) is 9.69. The number of hydrogen-bond acceptors (Lipinski definition) is 3. The van der Waals surface area contributed by atoms with Crippen LogP contribution in [0.3, 0.4) is 0 Å². The topological polar surface area (TPSA) is 49.3 Å². The molecule has 0 atom stereocenters. The lowest BCUT2D eigenvalue weighted by atomic mass is 10.3. The van der Waals surface area contributed by atoms with E-state index in [-0.39, 0.29) is 24.0 Å². The van der Waals surface area contributed by atoms with Crippen molar-refractivity contribution in [2.24, 2.45) is 4.99 Å². The van der Waals surface area contributed by atoms with Crippen molar-refractivity contribution in [2.75, 3.05) is 19.6 Å². The van der Waals surface area contributed by atoms with E-state index in [1.807, 2.05) is 13.8 Å². The van der Waals surface area contributed by atoms with Gasteiger partial charge in [-0.3, -0.25) is 4.99 Å². The first-order chi connectivity index (χ1) is 8.26. The molecule has 0 aliphatic carbocycles. The third-order valence-corrected chi connectivity index (χ3v) is 2.83. The highest BCUT2D eigenvalue weighted by atomic mass is 127. The summed E-state index contributed by atoms with van der Waals surface area (Å²) in [5.74, 6) is 3.29. The third kappa shape index (κ3) is 6.81. The Morgan fingerprint density at radius 3 is 2.89 bits per heavy atom. The summed E-state index contributed by atoms with van der Waals surface area (Å²) in [5, 5.41) is 9.36. The summed E-state index contributed by atoms with van der Waals surface area (Å²) in [6, 6.07) is 0. The van der Waals surface area contributed by atoms with E-state index in [1.165, 1.54) is 0 Å². The van der Waals surface area contributed by atoms with Crippen LogP contribution in [0.5, 0.6) is 0 Å². The van der Waals surface area contributed by atoms with Gasteiger partial charge >= 0.3 is 0 Å². The van der Waals surface area contributed by atoms with Crippen molar-refractivity contribution in [3.8, 4) is 12.3 Å². The molecule has 6 heteroatoms. The fourth-order valence-corrected chi connectivity index (χ4v) is 1.93. The first-order valence-electron chi connectivity index (χ1n) is 5.63. The largest absolute Gasteiger partial charge is 0.357 e. The number of guanidine groups is 1. The summed E-state index contributed by atoms with van der Waals surface area (Å²) in [6.45, 7) is 6.06. The highest BCUT2D eigenvalue weighted by molar-refractivity contribution is 14.0. The number of hydrogen-bond donors (Lipinski definition) is 2. The van der Waals surface area contributed by atoms with E-state index >= 15 is 0 Å². The Labute approximate surface area is 130 Å². The van der Waals surface area contributed by atoms with Gasteiger partial charge in [0.2, 0.25) is 0 Å². The molecule has 1 heterocycles. The van der Waals surface area contributed by atoms with Gasteiger partial charge in [0.05, 0.1) is 17.2 Å². The molecule has 0 spiro atoms. The lowest BCUT2D eigenvalue weighted by molar-refractivity contribution is 0.848. The van der Waals surface area contributed by atoms with Crippen LogP contribution in [-0.4, -0.2) is 30.6 Å². The second kappa shape index (κ2) is 10.1. The lowest BCUT2D eigenvalue weighted by Crippen LogP contribution is -2.37. The van der Waals surface area contributed by atoms with Gasteiger partial charge in [-0.1, -0.05) is 5.92 Å². The minimum atomic E-state index is 0. The maximum absolute atomic E-state index is 5.19. The molecule has 1 aromatic heterocycles. The maximum atomic E-state index is 5.19. The van der Waals surface area contributed by atoms with Gasteiger partial charge in [-0.2, -0.15) is 0 Å². The van der Waals surface area contributed by atoms with E-state index < -0.39 is 0 Å². The number of rotatable bonds is 5. The normalized spacial score (nSPS) is 10.4. The minimum absolute atomic E-state index is 0. The standard InChI is InChI=1S/C12H18N4S.HI/c1-4-7-14-12(13-5-2)15-8-6-11-9-17-10(3)16-11;/h1,9H,5-8H2,2-3H3,(H2,13,14,15);1H. The summed E-state index contributed by atoms with van der Waals surface area (Å²) < 4.78 is 0. The molecule has 0 bridgehead atoms. The van der Waals surface area contributed by atoms with Crippen LogP contribution in [0.2, 0.25) is 0 Å². The van der Waals surface area contributed by atoms with Crippen LogP contribution < -0.4 is 10.6 Å². The first kappa shape index (κ1) is 17.2. The highest BCUT2D eigenvalue weighted by Gasteiger charge is 1.98. The zero-order chi connectivity index (χ0) is 12.5. The lowest BCUT2D eigenvalue weighted by Gasteiger charge is -2.08.